The van der Waals surface area contributed by atoms with Gasteiger partial charge in [-0.2, -0.15) is 0 Å². The molecular formula is C29H27NO6. The highest BCUT2D eigenvalue weighted by Gasteiger charge is 2.20. The Labute approximate surface area is 209 Å². The van der Waals surface area contributed by atoms with Crippen LogP contribution < -0.4 is 24.3 Å². The molecule has 7 heteroatoms. The van der Waals surface area contributed by atoms with Gasteiger partial charge in [0.05, 0.1) is 20.5 Å². The molecule has 0 spiro atoms. The number of hydrogen-bond acceptors (Lipinski definition) is 6. The number of nitrogens with one attached hydrogen (secondary N) is 1. The number of methoxy groups -OCH3 is 2. The van der Waals surface area contributed by atoms with E-state index in [1.165, 1.54) is 0 Å². The van der Waals surface area contributed by atoms with Crippen LogP contribution in [0.4, 0.5) is 5.69 Å². The van der Waals surface area contributed by atoms with Gasteiger partial charge in [0, 0.05) is 45.5 Å². The number of ether oxygens (including phenoxy) is 4. The van der Waals surface area contributed by atoms with E-state index in [9.17, 15) is 4.79 Å². The van der Waals surface area contributed by atoms with Gasteiger partial charge in [0.15, 0.2) is 11.5 Å². The monoisotopic (exact) mass is 485 g/mol. The zero-order valence-corrected chi connectivity index (χ0v) is 20.6. The highest BCUT2D eigenvalue weighted by atomic mass is 16.6. The van der Waals surface area contributed by atoms with E-state index in [1.807, 2.05) is 44.2 Å². The number of amides is 1. The fourth-order valence-electron chi connectivity index (χ4n) is 4.52. The van der Waals surface area contributed by atoms with Crippen molar-refractivity contribution < 1.29 is 28.2 Å². The average Bonchev–Trinajstić information content (AvgIpc) is 3.32. The van der Waals surface area contributed by atoms with E-state index in [4.69, 9.17) is 23.4 Å². The lowest BCUT2D eigenvalue weighted by Crippen LogP contribution is -2.16. The van der Waals surface area contributed by atoms with Crippen LogP contribution in [0, 0.1) is 6.92 Å². The number of furan rings is 1. The zero-order valence-electron chi connectivity index (χ0n) is 20.6. The first-order valence-corrected chi connectivity index (χ1v) is 11.6. The lowest BCUT2D eigenvalue weighted by Gasteiger charge is -2.18. The summed E-state index contributed by atoms with van der Waals surface area (Å²) in [5.74, 6) is 2.43. The fourth-order valence-corrected chi connectivity index (χ4v) is 4.52. The molecule has 1 aromatic heterocycles. The summed E-state index contributed by atoms with van der Waals surface area (Å²) in [5, 5.41) is 3.81. The molecule has 36 heavy (non-hydrogen) atoms. The molecule has 5 rings (SSSR count). The van der Waals surface area contributed by atoms with Crippen molar-refractivity contribution >= 4 is 28.1 Å². The molecule has 0 fully saturated rings. The Morgan fingerprint density at radius 1 is 0.972 bits per heavy atom. The van der Waals surface area contributed by atoms with E-state index in [0.717, 1.165) is 44.5 Å². The van der Waals surface area contributed by atoms with Gasteiger partial charge in [-0.15, -0.1) is 0 Å². The molecule has 0 bridgehead atoms. The summed E-state index contributed by atoms with van der Waals surface area (Å²) in [6.07, 6.45) is 3.29. The molecule has 1 amide bonds. The lowest BCUT2D eigenvalue weighted by atomic mass is 9.96. The minimum atomic E-state index is -0.263. The minimum absolute atomic E-state index is 0.263. The van der Waals surface area contributed by atoms with Gasteiger partial charge >= 0.3 is 0 Å². The van der Waals surface area contributed by atoms with Gasteiger partial charge in [-0.25, -0.2) is 0 Å². The summed E-state index contributed by atoms with van der Waals surface area (Å²) < 4.78 is 28.4. The Morgan fingerprint density at radius 2 is 1.75 bits per heavy atom. The summed E-state index contributed by atoms with van der Waals surface area (Å²) in [4.78, 5) is 12.9. The van der Waals surface area contributed by atoms with E-state index >= 15 is 0 Å². The number of carbonyl (C=O) groups excluding carboxylic acids is 1. The number of anilines is 1. The second-order valence-corrected chi connectivity index (χ2v) is 8.48. The molecule has 184 valence electrons. The van der Waals surface area contributed by atoms with E-state index in [0.29, 0.717) is 36.1 Å². The van der Waals surface area contributed by atoms with Crippen LogP contribution in [0.15, 0.2) is 65.3 Å². The molecule has 0 radical (unpaired) electrons. The van der Waals surface area contributed by atoms with Crippen LogP contribution in [-0.2, 0) is 4.79 Å². The van der Waals surface area contributed by atoms with Gasteiger partial charge in [-0.1, -0.05) is 18.2 Å². The first-order chi connectivity index (χ1) is 17.5. The molecule has 3 aromatic carbocycles. The van der Waals surface area contributed by atoms with Gasteiger partial charge in [-0.3, -0.25) is 4.79 Å². The van der Waals surface area contributed by atoms with Gasteiger partial charge in [0.1, 0.15) is 30.3 Å². The molecule has 1 aliphatic heterocycles. The van der Waals surface area contributed by atoms with Gasteiger partial charge in [0.2, 0.25) is 5.91 Å². The third kappa shape index (κ3) is 4.24. The molecular weight excluding hydrogens is 458 g/mol. The normalized spacial score (nSPS) is 12.9. The van der Waals surface area contributed by atoms with Crippen molar-refractivity contribution in [1.29, 1.82) is 0 Å². The second-order valence-electron chi connectivity index (χ2n) is 8.48. The highest BCUT2D eigenvalue weighted by molar-refractivity contribution is 6.06. The molecule has 0 aliphatic carbocycles. The van der Waals surface area contributed by atoms with Crippen LogP contribution in [0.25, 0.3) is 27.7 Å². The van der Waals surface area contributed by atoms with E-state index < -0.39 is 0 Å². The van der Waals surface area contributed by atoms with Crippen LogP contribution in [0.2, 0.25) is 0 Å². The summed E-state index contributed by atoms with van der Waals surface area (Å²) >= 11 is 0. The third-order valence-corrected chi connectivity index (χ3v) is 6.23. The summed E-state index contributed by atoms with van der Waals surface area (Å²) in [7, 11) is 3.26. The lowest BCUT2D eigenvalue weighted by molar-refractivity contribution is -0.111. The molecule has 1 aliphatic rings. The highest BCUT2D eigenvalue weighted by Crippen LogP contribution is 2.42. The number of allylic oxidation sites excluding steroid dienone is 1. The zero-order chi connectivity index (χ0) is 25.2. The Kier molecular flexibility index (Phi) is 6.29. The van der Waals surface area contributed by atoms with Crippen molar-refractivity contribution in [3.05, 3.63) is 72.0 Å². The first-order valence-electron chi connectivity index (χ1n) is 11.6. The van der Waals surface area contributed by atoms with Crippen molar-refractivity contribution in [3.63, 3.8) is 0 Å². The smallest absolute Gasteiger partial charge is 0.248 e. The van der Waals surface area contributed by atoms with Gasteiger partial charge in [-0.05, 0) is 43.7 Å². The van der Waals surface area contributed by atoms with Crippen LogP contribution in [0.5, 0.6) is 23.0 Å². The van der Waals surface area contributed by atoms with E-state index in [1.54, 1.807) is 44.8 Å². The topological polar surface area (TPSA) is 79.2 Å². The maximum Gasteiger partial charge on any atom is 0.248 e. The maximum atomic E-state index is 12.9. The number of aryl methyl sites for hydroxylation is 1. The SMILES string of the molecule is COc1ccccc1-c1coc2c(C)c(OC)c(/C(C)=C/C(=O)Nc3ccc4c(c3)OCCO4)cc12. The number of benzene rings is 3. The van der Waals surface area contributed by atoms with Crippen molar-refractivity contribution in [2.45, 2.75) is 13.8 Å². The van der Waals surface area contributed by atoms with Crippen molar-refractivity contribution in [1.82, 2.24) is 0 Å². The predicted octanol–water partition coefficient (Wildman–Crippen LogP) is 6.24. The number of hydrogen-bond donors (Lipinski definition) is 1. The Bertz CT molecular complexity index is 1480. The quantitative estimate of drug-likeness (QED) is 0.326. The molecule has 7 nitrogen and oxygen atoms in total. The largest absolute Gasteiger partial charge is 0.496 e. The Morgan fingerprint density at radius 3 is 2.53 bits per heavy atom. The van der Waals surface area contributed by atoms with Crippen molar-refractivity contribution in [2.75, 3.05) is 32.8 Å². The predicted molar refractivity (Wildman–Crippen MR) is 139 cm³/mol. The van der Waals surface area contributed by atoms with E-state index in [-0.39, 0.29) is 5.91 Å². The summed E-state index contributed by atoms with van der Waals surface area (Å²) in [6.45, 7) is 4.83. The third-order valence-electron chi connectivity index (χ3n) is 6.23. The van der Waals surface area contributed by atoms with Crippen LogP contribution in [-0.4, -0.2) is 33.3 Å². The molecule has 0 saturated carbocycles. The average molecular weight is 486 g/mol. The summed E-state index contributed by atoms with van der Waals surface area (Å²) in [5.41, 5.74) is 5.59. The molecule has 1 N–H and O–H groups in total. The first kappa shape index (κ1) is 23.4. The fraction of sp³-hybridized carbons (Fsp3) is 0.207. The number of rotatable bonds is 6. The molecule has 4 aromatic rings. The summed E-state index contributed by atoms with van der Waals surface area (Å²) in [6, 6.07) is 15.1. The molecule has 2 heterocycles. The Hall–Kier alpha value is -4.39. The van der Waals surface area contributed by atoms with Gasteiger partial charge < -0.3 is 28.7 Å². The molecule has 0 atom stereocenters. The van der Waals surface area contributed by atoms with E-state index in [2.05, 4.69) is 5.32 Å². The van der Waals surface area contributed by atoms with Crippen molar-refractivity contribution in [3.8, 4) is 34.1 Å². The minimum Gasteiger partial charge on any atom is -0.496 e. The maximum absolute atomic E-state index is 12.9. The Balaban J connectivity index is 1.51. The molecule has 0 saturated heterocycles. The number of fused-ring (bicyclic) bond motifs is 2. The van der Waals surface area contributed by atoms with Crippen LogP contribution in [0.3, 0.4) is 0 Å². The molecule has 0 unspecified atom stereocenters. The second kappa shape index (κ2) is 9.70. The van der Waals surface area contributed by atoms with Gasteiger partial charge in [0.25, 0.3) is 0 Å². The number of para-hydroxylation sites is 1. The number of carbonyl (C=O) groups is 1. The van der Waals surface area contributed by atoms with Crippen LogP contribution >= 0.6 is 0 Å². The standard InChI is InChI=1S/C29H27NO6/c1-17(13-27(31)30-19-9-10-25-26(14-19)35-12-11-34-25)21-15-22-23(20-7-5-6-8-24(20)32-3)16-36-29(22)18(2)28(21)33-4/h5-10,13-16H,11-12H2,1-4H3,(H,30,31)/b17-13+. The van der Waals surface area contributed by atoms with Crippen LogP contribution in [0.1, 0.15) is 18.1 Å². The van der Waals surface area contributed by atoms with Crippen molar-refractivity contribution in [2.24, 2.45) is 0 Å².